The van der Waals surface area contributed by atoms with Crippen molar-refractivity contribution in [2.45, 2.75) is 38.7 Å². The number of anilines is 1. The van der Waals surface area contributed by atoms with Gasteiger partial charge in [0.1, 0.15) is 5.75 Å². The molecule has 1 amide bonds. The van der Waals surface area contributed by atoms with Gasteiger partial charge in [0.2, 0.25) is 11.9 Å². The van der Waals surface area contributed by atoms with Gasteiger partial charge in [0.05, 0.1) is 12.8 Å². The number of hydrogen-bond acceptors (Lipinski definition) is 6. The molecule has 3 rings (SSSR count). The molecule has 0 radical (unpaired) electrons. The molecule has 7 nitrogen and oxygen atoms in total. The highest BCUT2D eigenvalue weighted by atomic mass is 79.9. The van der Waals surface area contributed by atoms with Gasteiger partial charge in [0.25, 0.3) is 5.91 Å². The van der Waals surface area contributed by atoms with Crippen LogP contribution in [0.1, 0.15) is 50.0 Å². The Morgan fingerprint density at radius 2 is 2.03 bits per heavy atom. The van der Waals surface area contributed by atoms with Crippen molar-refractivity contribution in [1.29, 1.82) is 0 Å². The fourth-order valence-electron chi connectivity index (χ4n) is 3.64. The Morgan fingerprint density at radius 3 is 2.71 bits per heavy atom. The molecule has 162 valence electrons. The number of halogens is 1. The molecule has 0 fully saturated rings. The van der Waals surface area contributed by atoms with Crippen LogP contribution in [-0.2, 0) is 24.6 Å². The SMILES string of the molecule is COc1cccc(Br)c1C(C)(C)CC(=O)C(=O)Nc1ccc2c(c1)C(C)=NOC2C=O. The molecule has 1 heterocycles. The Kier molecular flexibility index (Phi) is 6.59. The molecule has 2 aromatic rings. The highest BCUT2D eigenvalue weighted by molar-refractivity contribution is 9.10. The first-order valence-corrected chi connectivity index (χ1v) is 10.4. The summed E-state index contributed by atoms with van der Waals surface area (Å²) in [5, 5.41) is 6.52. The molecular formula is C23H23BrN2O5. The van der Waals surface area contributed by atoms with E-state index in [1.165, 1.54) is 0 Å². The summed E-state index contributed by atoms with van der Waals surface area (Å²) >= 11 is 3.52. The number of ketones is 1. The molecule has 1 atom stereocenters. The number of amides is 1. The van der Waals surface area contributed by atoms with E-state index < -0.39 is 23.2 Å². The summed E-state index contributed by atoms with van der Waals surface area (Å²) in [4.78, 5) is 41.7. The molecule has 31 heavy (non-hydrogen) atoms. The molecule has 0 saturated carbocycles. The van der Waals surface area contributed by atoms with Crippen molar-refractivity contribution in [2.75, 3.05) is 12.4 Å². The number of carbonyl (C=O) groups is 3. The lowest BCUT2D eigenvalue weighted by atomic mass is 9.79. The minimum absolute atomic E-state index is 0.00963. The van der Waals surface area contributed by atoms with Gasteiger partial charge in [-0.05, 0) is 31.2 Å². The summed E-state index contributed by atoms with van der Waals surface area (Å²) in [5.74, 6) is -0.628. The van der Waals surface area contributed by atoms with Crippen molar-refractivity contribution < 1.29 is 24.0 Å². The van der Waals surface area contributed by atoms with Crippen LogP contribution < -0.4 is 10.1 Å². The van der Waals surface area contributed by atoms with Gasteiger partial charge in [0.15, 0.2) is 6.29 Å². The number of hydrogen-bond donors (Lipinski definition) is 1. The van der Waals surface area contributed by atoms with E-state index in [1.807, 2.05) is 32.0 Å². The molecule has 1 aliphatic heterocycles. The van der Waals surface area contributed by atoms with Gasteiger partial charge in [-0.1, -0.05) is 47.1 Å². The number of ether oxygens (including phenoxy) is 1. The van der Waals surface area contributed by atoms with E-state index in [2.05, 4.69) is 26.4 Å². The number of Topliss-reactive ketones (excluding diaryl/α,β-unsaturated/α-hetero) is 1. The molecule has 0 aliphatic carbocycles. The van der Waals surface area contributed by atoms with E-state index in [1.54, 1.807) is 32.2 Å². The number of carbonyl (C=O) groups excluding carboxylic acids is 3. The average Bonchev–Trinajstić information content (AvgIpc) is 2.73. The number of benzene rings is 2. The van der Waals surface area contributed by atoms with Crippen LogP contribution in [0.4, 0.5) is 5.69 Å². The van der Waals surface area contributed by atoms with Crippen LogP contribution >= 0.6 is 15.9 Å². The molecule has 0 aromatic heterocycles. The zero-order valence-electron chi connectivity index (χ0n) is 17.7. The van der Waals surface area contributed by atoms with Gasteiger partial charge in [-0.2, -0.15) is 0 Å². The van der Waals surface area contributed by atoms with Crippen molar-refractivity contribution in [2.24, 2.45) is 5.16 Å². The summed E-state index contributed by atoms with van der Waals surface area (Å²) in [7, 11) is 1.57. The molecule has 1 N–H and O–H groups in total. The third kappa shape index (κ3) is 4.69. The van der Waals surface area contributed by atoms with Crippen molar-refractivity contribution in [3.8, 4) is 5.75 Å². The molecule has 1 aliphatic rings. The second-order valence-electron chi connectivity index (χ2n) is 7.90. The molecule has 1 unspecified atom stereocenters. The number of nitrogens with zero attached hydrogens (tertiary/aromatic N) is 1. The molecule has 0 saturated heterocycles. The smallest absolute Gasteiger partial charge is 0.291 e. The predicted octanol–water partition coefficient (Wildman–Crippen LogP) is 4.33. The van der Waals surface area contributed by atoms with E-state index >= 15 is 0 Å². The molecular weight excluding hydrogens is 464 g/mol. The average molecular weight is 487 g/mol. The van der Waals surface area contributed by atoms with Crippen LogP contribution in [0.2, 0.25) is 0 Å². The molecule has 8 heteroatoms. The van der Waals surface area contributed by atoms with Gasteiger partial charge in [-0.25, -0.2) is 0 Å². The topological polar surface area (TPSA) is 94.1 Å². The second-order valence-corrected chi connectivity index (χ2v) is 8.75. The second kappa shape index (κ2) is 9.01. The van der Waals surface area contributed by atoms with Gasteiger partial charge < -0.3 is 14.9 Å². The summed E-state index contributed by atoms with van der Waals surface area (Å²) in [6.07, 6.45) is -0.135. The maximum atomic E-state index is 12.7. The third-order valence-electron chi connectivity index (χ3n) is 5.16. The Balaban J connectivity index is 1.78. The van der Waals surface area contributed by atoms with Crippen LogP contribution in [-0.4, -0.2) is 30.8 Å². The number of oxime groups is 1. The van der Waals surface area contributed by atoms with Gasteiger partial charge >= 0.3 is 0 Å². The minimum Gasteiger partial charge on any atom is -0.496 e. The van der Waals surface area contributed by atoms with Gasteiger partial charge in [-0.3, -0.25) is 14.4 Å². The fraction of sp³-hybridized carbons (Fsp3) is 0.304. The molecule has 0 spiro atoms. The lowest BCUT2D eigenvalue weighted by Gasteiger charge is -2.27. The first-order valence-electron chi connectivity index (χ1n) is 9.65. The van der Waals surface area contributed by atoms with Crippen molar-refractivity contribution in [1.82, 2.24) is 0 Å². The van der Waals surface area contributed by atoms with Crippen molar-refractivity contribution in [3.05, 3.63) is 57.6 Å². The van der Waals surface area contributed by atoms with E-state index in [0.29, 0.717) is 34.6 Å². The zero-order chi connectivity index (χ0) is 22.8. The van der Waals surface area contributed by atoms with Crippen LogP contribution in [0.3, 0.4) is 0 Å². The van der Waals surface area contributed by atoms with E-state index in [-0.39, 0.29) is 6.42 Å². The number of rotatable bonds is 7. The lowest BCUT2D eigenvalue weighted by Crippen LogP contribution is -2.31. The lowest BCUT2D eigenvalue weighted by molar-refractivity contribution is -0.135. The highest BCUT2D eigenvalue weighted by Crippen LogP contribution is 2.39. The number of methoxy groups -OCH3 is 1. The summed E-state index contributed by atoms with van der Waals surface area (Å²) in [6.45, 7) is 5.52. The Morgan fingerprint density at radius 1 is 1.29 bits per heavy atom. The van der Waals surface area contributed by atoms with Crippen molar-refractivity contribution in [3.63, 3.8) is 0 Å². The first-order chi connectivity index (χ1) is 14.7. The van der Waals surface area contributed by atoms with E-state index in [0.717, 1.165) is 10.0 Å². The summed E-state index contributed by atoms with van der Waals surface area (Å²) in [6, 6.07) is 10.5. The van der Waals surface area contributed by atoms with Crippen LogP contribution in [0.25, 0.3) is 0 Å². The largest absolute Gasteiger partial charge is 0.496 e. The standard InChI is InChI=1S/C23H23BrN2O5/c1-13-16-10-14(8-9-15(16)20(12-27)31-26-13)25-22(29)18(28)11-23(2,3)21-17(24)6-5-7-19(21)30-4/h5-10,12,20H,11H2,1-4H3,(H,25,29). The zero-order valence-corrected chi connectivity index (χ0v) is 19.3. The number of nitrogens with one attached hydrogen (secondary N) is 1. The monoisotopic (exact) mass is 486 g/mol. The molecule has 2 aromatic carbocycles. The van der Waals surface area contributed by atoms with Gasteiger partial charge in [-0.15, -0.1) is 0 Å². The summed E-state index contributed by atoms with van der Waals surface area (Å²) in [5.41, 5.74) is 2.54. The first kappa shape index (κ1) is 22.7. The maximum Gasteiger partial charge on any atom is 0.291 e. The quantitative estimate of drug-likeness (QED) is 0.464. The maximum absolute atomic E-state index is 12.7. The van der Waals surface area contributed by atoms with E-state index in [9.17, 15) is 14.4 Å². The highest BCUT2D eigenvalue weighted by Gasteiger charge is 2.32. The predicted molar refractivity (Wildman–Crippen MR) is 121 cm³/mol. The minimum atomic E-state index is -0.787. The summed E-state index contributed by atoms with van der Waals surface area (Å²) < 4.78 is 6.25. The van der Waals surface area contributed by atoms with Gasteiger partial charge in [0, 0.05) is 38.7 Å². The van der Waals surface area contributed by atoms with E-state index in [4.69, 9.17) is 9.57 Å². The van der Waals surface area contributed by atoms with Crippen molar-refractivity contribution >= 4 is 45.3 Å². The normalized spacial score (nSPS) is 15.3. The van der Waals surface area contributed by atoms with Crippen LogP contribution in [0.5, 0.6) is 5.75 Å². The fourth-order valence-corrected chi connectivity index (χ4v) is 4.52. The number of fused-ring (bicyclic) bond motifs is 1. The Hall–Kier alpha value is -3.00. The third-order valence-corrected chi connectivity index (χ3v) is 5.82. The van der Waals surface area contributed by atoms with Crippen LogP contribution in [0, 0.1) is 0 Å². The molecule has 0 bridgehead atoms. The Bertz CT molecular complexity index is 1080. The number of aldehydes is 1. The Labute approximate surface area is 188 Å². The van der Waals surface area contributed by atoms with Crippen LogP contribution in [0.15, 0.2) is 46.0 Å².